The number of amides is 1. The number of anilines is 1. The number of nitrogens with zero attached hydrogens (tertiary/aromatic N) is 2. The van der Waals surface area contributed by atoms with Crippen LogP contribution in [0, 0.1) is 17.2 Å². The van der Waals surface area contributed by atoms with Crippen LogP contribution in [-0.2, 0) is 28.8 Å². The van der Waals surface area contributed by atoms with Gasteiger partial charge in [-0.2, -0.15) is 5.26 Å². The highest BCUT2D eigenvalue weighted by Gasteiger charge is 2.26. The summed E-state index contributed by atoms with van der Waals surface area (Å²) in [5.74, 6) is 0.467. The summed E-state index contributed by atoms with van der Waals surface area (Å²) in [5.41, 5.74) is 3.06. The average Bonchev–Trinajstić information content (AvgIpc) is 2.94. The molecule has 8 heteroatoms. The van der Waals surface area contributed by atoms with Gasteiger partial charge in [-0.3, -0.25) is 4.79 Å². The summed E-state index contributed by atoms with van der Waals surface area (Å²) in [5, 5.41) is 13.6. The summed E-state index contributed by atoms with van der Waals surface area (Å²) in [6.45, 7) is 6.35. The number of ether oxygens (including phenoxy) is 1. The molecule has 0 saturated carbocycles. The van der Waals surface area contributed by atoms with Crippen LogP contribution in [-0.4, -0.2) is 29.2 Å². The molecule has 1 N–H and O–H groups in total. The minimum atomic E-state index is -0.355. The van der Waals surface area contributed by atoms with Crippen molar-refractivity contribution in [3.8, 4) is 6.07 Å². The predicted octanol–water partition coefficient (Wildman–Crippen LogP) is 5.78. The Hall–Kier alpha value is -2.37. The molecule has 0 spiro atoms. The summed E-state index contributed by atoms with van der Waals surface area (Å²) < 4.78 is 5.29. The van der Waals surface area contributed by atoms with Gasteiger partial charge in [-0.25, -0.2) is 9.78 Å². The Kier molecular flexibility index (Phi) is 9.33. The largest absolute Gasteiger partial charge is 0.462 e. The molecule has 1 amide bonds. The lowest BCUT2D eigenvalue weighted by atomic mass is 10.1. The summed E-state index contributed by atoms with van der Waals surface area (Å²) in [6, 6.07) is 5.88. The van der Waals surface area contributed by atoms with E-state index in [2.05, 4.69) is 30.2 Å². The molecule has 1 aliphatic carbocycles. The summed E-state index contributed by atoms with van der Waals surface area (Å²) in [6.07, 6.45) is 6.19. The van der Waals surface area contributed by atoms with Gasteiger partial charge in [-0.05, 0) is 62.6 Å². The van der Waals surface area contributed by atoms with Gasteiger partial charge in [0.2, 0.25) is 5.91 Å². The van der Waals surface area contributed by atoms with Crippen LogP contribution in [0.3, 0.4) is 0 Å². The number of esters is 1. The maximum atomic E-state index is 12.7. The first-order valence-corrected chi connectivity index (χ1v) is 13.4. The van der Waals surface area contributed by atoms with E-state index in [-0.39, 0.29) is 18.3 Å². The Labute approximate surface area is 204 Å². The highest BCUT2D eigenvalue weighted by atomic mass is 32.2. The van der Waals surface area contributed by atoms with Crippen LogP contribution in [0.15, 0.2) is 17.2 Å². The number of thioether (sulfide) groups is 1. The zero-order chi connectivity index (χ0) is 23.8. The van der Waals surface area contributed by atoms with Gasteiger partial charge in [-0.15, -0.1) is 23.1 Å². The number of thiophene rings is 1. The number of nitrogens with one attached hydrogen (secondary N) is 1. The van der Waals surface area contributed by atoms with Crippen LogP contribution in [0.25, 0.3) is 0 Å². The molecule has 2 aromatic heterocycles. The normalized spacial score (nSPS) is 13.2. The number of fused-ring (bicyclic) bond motifs is 1. The molecule has 2 aromatic rings. The lowest BCUT2D eigenvalue weighted by Crippen LogP contribution is -2.15. The van der Waals surface area contributed by atoms with Crippen LogP contribution in [0.1, 0.15) is 78.5 Å². The average molecular weight is 486 g/mol. The number of carbonyl (C=O) groups is 2. The fourth-order valence-electron chi connectivity index (χ4n) is 3.89. The van der Waals surface area contributed by atoms with Crippen molar-refractivity contribution in [2.75, 3.05) is 17.7 Å². The topological polar surface area (TPSA) is 92.1 Å². The van der Waals surface area contributed by atoms with Gasteiger partial charge in [0.1, 0.15) is 16.1 Å². The van der Waals surface area contributed by atoms with Gasteiger partial charge in [0.05, 0.1) is 17.7 Å². The quantitative estimate of drug-likeness (QED) is 0.275. The van der Waals surface area contributed by atoms with Gasteiger partial charge in [0, 0.05) is 22.7 Å². The molecule has 0 unspecified atom stereocenters. The molecule has 176 valence electrons. The molecule has 0 bridgehead atoms. The van der Waals surface area contributed by atoms with E-state index in [1.165, 1.54) is 28.0 Å². The Morgan fingerprint density at radius 2 is 2.06 bits per heavy atom. The zero-order valence-corrected chi connectivity index (χ0v) is 21.2. The zero-order valence-electron chi connectivity index (χ0n) is 19.5. The third-order valence-electron chi connectivity index (χ3n) is 5.38. The molecule has 6 nitrogen and oxygen atoms in total. The van der Waals surface area contributed by atoms with E-state index in [1.807, 2.05) is 6.07 Å². The van der Waals surface area contributed by atoms with Crippen molar-refractivity contribution >= 4 is 40.0 Å². The maximum Gasteiger partial charge on any atom is 0.341 e. The molecule has 0 radical (unpaired) electrons. The molecule has 0 aliphatic heterocycles. The first-order chi connectivity index (χ1) is 15.9. The number of hydrogen-bond acceptors (Lipinski definition) is 7. The minimum absolute atomic E-state index is 0.152. The first-order valence-electron chi connectivity index (χ1n) is 11.6. The number of aromatic nitrogens is 1. The highest BCUT2D eigenvalue weighted by molar-refractivity contribution is 7.99. The Bertz CT molecular complexity index is 1040. The second-order valence-corrected chi connectivity index (χ2v) is 10.7. The molecule has 0 aromatic carbocycles. The Morgan fingerprint density at radius 3 is 2.79 bits per heavy atom. The van der Waals surface area contributed by atoms with Crippen molar-refractivity contribution in [3.05, 3.63) is 39.4 Å². The first kappa shape index (κ1) is 25.3. The number of rotatable bonds is 9. The standard InChI is InChI=1S/C25H31N3O3S2/c1-4-31-25(30)22-19-8-6-5-7-9-20(19)33-24(22)28-21(29)12-13-32-23-17(15-26)10-11-18(27-23)14-16(2)3/h10-11,16H,4-9,12-14H2,1-3H3,(H,28,29). The second kappa shape index (κ2) is 12.2. The fraction of sp³-hybridized carbons (Fsp3) is 0.520. The molecule has 0 fully saturated rings. The SMILES string of the molecule is CCOC(=O)c1c(NC(=O)CCSc2nc(CC(C)C)ccc2C#N)sc2c1CCCCC2. The molecular weight excluding hydrogens is 454 g/mol. The number of aryl methyl sites for hydroxylation is 1. The predicted molar refractivity (Wildman–Crippen MR) is 133 cm³/mol. The van der Waals surface area contributed by atoms with Crippen molar-refractivity contribution in [3.63, 3.8) is 0 Å². The Morgan fingerprint density at radius 1 is 1.27 bits per heavy atom. The lowest BCUT2D eigenvalue weighted by Gasteiger charge is -2.09. The van der Waals surface area contributed by atoms with Crippen LogP contribution in [0.4, 0.5) is 5.00 Å². The van der Waals surface area contributed by atoms with E-state index in [9.17, 15) is 14.9 Å². The van der Waals surface area contributed by atoms with Gasteiger partial charge >= 0.3 is 5.97 Å². The van der Waals surface area contributed by atoms with E-state index in [0.717, 1.165) is 49.8 Å². The molecule has 1 aliphatic rings. The molecule has 33 heavy (non-hydrogen) atoms. The lowest BCUT2D eigenvalue weighted by molar-refractivity contribution is -0.115. The number of carbonyl (C=O) groups excluding carboxylic acids is 2. The van der Waals surface area contributed by atoms with Crippen LogP contribution < -0.4 is 5.32 Å². The molecule has 0 saturated heterocycles. The Balaban J connectivity index is 1.67. The summed E-state index contributed by atoms with van der Waals surface area (Å²) in [7, 11) is 0. The molecule has 3 rings (SSSR count). The van der Waals surface area contributed by atoms with Crippen molar-refractivity contribution in [1.29, 1.82) is 5.26 Å². The second-order valence-electron chi connectivity index (χ2n) is 8.50. The van der Waals surface area contributed by atoms with Gasteiger partial charge in [0.15, 0.2) is 0 Å². The third kappa shape index (κ3) is 6.81. The van der Waals surface area contributed by atoms with E-state index in [0.29, 0.717) is 39.4 Å². The number of nitriles is 1. The van der Waals surface area contributed by atoms with Gasteiger partial charge in [-0.1, -0.05) is 20.3 Å². The maximum absolute atomic E-state index is 12.7. The van der Waals surface area contributed by atoms with E-state index >= 15 is 0 Å². The van der Waals surface area contributed by atoms with Crippen LogP contribution in [0.2, 0.25) is 0 Å². The van der Waals surface area contributed by atoms with Crippen molar-refractivity contribution < 1.29 is 14.3 Å². The van der Waals surface area contributed by atoms with E-state index in [4.69, 9.17) is 4.74 Å². The summed E-state index contributed by atoms with van der Waals surface area (Å²) >= 11 is 2.92. The van der Waals surface area contributed by atoms with Crippen molar-refractivity contribution in [1.82, 2.24) is 4.98 Å². The highest BCUT2D eigenvalue weighted by Crippen LogP contribution is 2.38. The van der Waals surface area contributed by atoms with Crippen LogP contribution >= 0.6 is 23.1 Å². The summed E-state index contributed by atoms with van der Waals surface area (Å²) in [4.78, 5) is 31.2. The molecule has 0 atom stereocenters. The third-order valence-corrected chi connectivity index (χ3v) is 7.58. The van der Waals surface area contributed by atoms with E-state index < -0.39 is 0 Å². The van der Waals surface area contributed by atoms with Gasteiger partial charge in [0.25, 0.3) is 0 Å². The smallest absolute Gasteiger partial charge is 0.341 e. The number of pyridine rings is 1. The van der Waals surface area contributed by atoms with Crippen molar-refractivity contribution in [2.24, 2.45) is 5.92 Å². The van der Waals surface area contributed by atoms with E-state index in [1.54, 1.807) is 13.0 Å². The van der Waals surface area contributed by atoms with Crippen molar-refractivity contribution in [2.45, 2.75) is 70.7 Å². The molecular formula is C25H31N3O3S2. The van der Waals surface area contributed by atoms with Gasteiger partial charge < -0.3 is 10.1 Å². The minimum Gasteiger partial charge on any atom is -0.462 e. The monoisotopic (exact) mass is 485 g/mol. The molecule has 2 heterocycles. The van der Waals surface area contributed by atoms with Crippen LogP contribution in [0.5, 0.6) is 0 Å². The fourth-order valence-corrected chi connectivity index (χ4v) is 6.11. The number of hydrogen-bond donors (Lipinski definition) is 1.